The topological polar surface area (TPSA) is 53.6 Å². The number of thiazole rings is 1. The van der Waals surface area contributed by atoms with Gasteiger partial charge in [0.25, 0.3) is 0 Å². The Morgan fingerprint density at radius 2 is 2.46 bits per heavy atom. The fourth-order valence-corrected chi connectivity index (χ4v) is 1.54. The van der Waals surface area contributed by atoms with E-state index in [1.807, 2.05) is 18.6 Å². The summed E-state index contributed by atoms with van der Waals surface area (Å²) in [5, 5.41) is 3.17. The molecule has 0 aromatic carbocycles. The summed E-state index contributed by atoms with van der Waals surface area (Å²) in [7, 11) is 0. The minimum absolute atomic E-state index is 0.775. The number of nitrogens with zero attached hydrogens (tertiary/aromatic N) is 2. The van der Waals surface area contributed by atoms with E-state index in [0.29, 0.717) is 0 Å². The van der Waals surface area contributed by atoms with Crippen LogP contribution in [0, 0.1) is 6.92 Å². The van der Waals surface area contributed by atoms with Crippen LogP contribution in [0.4, 0.5) is 5.95 Å². The maximum absolute atomic E-state index is 4.13. The maximum Gasteiger partial charge on any atom is 0.200 e. The molecular weight excluding hydrogens is 184 g/mol. The van der Waals surface area contributed by atoms with Crippen molar-refractivity contribution in [3.05, 3.63) is 28.5 Å². The van der Waals surface area contributed by atoms with Crippen molar-refractivity contribution in [2.75, 3.05) is 5.32 Å². The van der Waals surface area contributed by atoms with Crippen molar-refractivity contribution >= 4 is 17.3 Å². The molecule has 0 aliphatic heterocycles. The van der Waals surface area contributed by atoms with E-state index in [0.717, 1.165) is 18.2 Å². The average molecular weight is 194 g/mol. The monoisotopic (exact) mass is 194 g/mol. The second kappa shape index (κ2) is 3.57. The number of rotatable bonds is 3. The van der Waals surface area contributed by atoms with Gasteiger partial charge in [-0.3, -0.25) is 4.98 Å². The van der Waals surface area contributed by atoms with E-state index < -0.39 is 0 Å². The predicted octanol–water partition coefficient (Wildman–Crippen LogP) is 1.79. The number of nitrogens with one attached hydrogen (secondary N) is 2. The number of aromatic nitrogens is 3. The molecule has 0 aliphatic rings. The number of imidazole rings is 1. The number of aromatic amines is 1. The minimum atomic E-state index is 0.775. The molecule has 2 rings (SSSR count). The van der Waals surface area contributed by atoms with E-state index in [9.17, 15) is 0 Å². The standard InChI is InChI=1S/C8H10N4S/c1-6-2-10-8(12-6)11-4-7-3-9-5-13-7/h2-3,5H,4H2,1H3,(H2,10,11,12). The van der Waals surface area contributed by atoms with Crippen molar-refractivity contribution < 1.29 is 0 Å². The molecule has 0 amide bonds. The highest BCUT2D eigenvalue weighted by Crippen LogP contribution is 2.08. The molecule has 4 nitrogen and oxygen atoms in total. The van der Waals surface area contributed by atoms with Crippen LogP contribution in [0.2, 0.25) is 0 Å². The Hall–Kier alpha value is -1.36. The van der Waals surface area contributed by atoms with Crippen LogP contribution in [0.1, 0.15) is 10.6 Å². The molecule has 0 bridgehead atoms. The van der Waals surface area contributed by atoms with Crippen molar-refractivity contribution in [3.8, 4) is 0 Å². The Morgan fingerprint density at radius 1 is 1.54 bits per heavy atom. The molecule has 2 N–H and O–H groups in total. The van der Waals surface area contributed by atoms with Crippen LogP contribution in [0.25, 0.3) is 0 Å². The van der Waals surface area contributed by atoms with Gasteiger partial charge in [0.15, 0.2) is 0 Å². The zero-order chi connectivity index (χ0) is 9.10. The fourth-order valence-electron chi connectivity index (χ4n) is 1.00. The van der Waals surface area contributed by atoms with Crippen LogP contribution in [0.15, 0.2) is 17.9 Å². The molecule has 0 aliphatic carbocycles. The van der Waals surface area contributed by atoms with E-state index in [1.54, 1.807) is 17.5 Å². The quantitative estimate of drug-likeness (QED) is 0.783. The number of aryl methyl sites for hydroxylation is 1. The van der Waals surface area contributed by atoms with Gasteiger partial charge >= 0.3 is 0 Å². The van der Waals surface area contributed by atoms with Crippen LogP contribution in [0.5, 0.6) is 0 Å². The Balaban J connectivity index is 1.93. The first kappa shape index (κ1) is 8.25. The third kappa shape index (κ3) is 2.06. The highest BCUT2D eigenvalue weighted by molar-refractivity contribution is 7.09. The van der Waals surface area contributed by atoms with E-state index in [4.69, 9.17) is 0 Å². The van der Waals surface area contributed by atoms with Crippen molar-refractivity contribution in [1.29, 1.82) is 0 Å². The van der Waals surface area contributed by atoms with E-state index in [2.05, 4.69) is 20.3 Å². The Kier molecular flexibility index (Phi) is 2.27. The number of hydrogen-bond acceptors (Lipinski definition) is 4. The first-order chi connectivity index (χ1) is 6.34. The third-order valence-electron chi connectivity index (χ3n) is 1.62. The average Bonchev–Trinajstić information content (AvgIpc) is 2.71. The van der Waals surface area contributed by atoms with Gasteiger partial charge in [0.2, 0.25) is 5.95 Å². The van der Waals surface area contributed by atoms with Gasteiger partial charge < -0.3 is 10.3 Å². The van der Waals surface area contributed by atoms with Gasteiger partial charge in [-0.1, -0.05) is 0 Å². The molecule has 2 aromatic rings. The van der Waals surface area contributed by atoms with Gasteiger partial charge in [0, 0.05) is 23.0 Å². The molecule has 0 spiro atoms. The van der Waals surface area contributed by atoms with Gasteiger partial charge in [-0.05, 0) is 6.92 Å². The molecule has 0 radical (unpaired) electrons. The molecule has 0 fully saturated rings. The molecule has 13 heavy (non-hydrogen) atoms. The lowest BCUT2D eigenvalue weighted by Gasteiger charge is -1.98. The highest BCUT2D eigenvalue weighted by Gasteiger charge is 1.97. The van der Waals surface area contributed by atoms with Gasteiger partial charge in [-0.15, -0.1) is 11.3 Å². The summed E-state index contributed by atoms with van der Waals surface area (Å²) >= 11 is 1.63. The lowest BCUT2D eigenvalue weighted by Crippen LogP contribution is -1.98. The van der Waals surface area contributed by atoms with Crippen molar-refractivity contribution in [1.82, 2.24) is 15.0 Å². The molecular formula is C8H10N4S. The van der Waals surface area contributed by atoms with Crippen LogP contribution in [0.3, 0.4) is 0 Å². The molecule has 5 heteroatoms. The summed E-state index contributed by atoms with van der Waals surface area (Å²) in [6.07, 6.45) is 3.66. The molecule has 68 valence electrons. The summed E-state index contributed by atoms with van der Waals surface area (Å²) in [6, 6.07) is 0. The van der Waals surface area contributed by atoms with Crippen LogP contribution in [-0.4, -0.2) is 15.0 Å². The summed E-state index contributed by atoms with van der Waals surface area (Å²) in [4.78, 5) is 12.4. The summed E-state index contributed by atoms with van der Waals surface area (Å²) in [5.74, 6) is 0.811. The van der Waals surface area contributed by atoms with E-state index in [-0.39, 0.29) is 0 Å². The van der Waals surface area contributed by atoms with Crippen molar-refractivity contribution in [2.45, 2.75) is 13.5 Å². The Morgan fingerprint density at radius 3 is 3.08 bits per heavy atom. The smallest absolute Gasteiger partial charge is 0.200 e. The zero-order valence-corrected chi connectivity index (χ0v) is 8.06. The first-order valence-electron chi connectivity index (χ1n) is 3.97. The summed E-state index contributed by atoms with van der Waals surface area (Å²) < 4.78 is 0. The SMILES string of the molecule is Cc1cnc(NCc2cncs2)[nH]1. The second-order valence-corrected chi connectivity index (χ2v) is 3.71. The van der Waals surface area contributed by atoms with Crippen LogP contribution in [-0.2, 0) is 6.54 Å². The fraction of sp³-hybridized carbons (Fsp3) is 0.250. The molecule has 0 atom stereocenters. The maximum atomic E-state index is 4.13. The lowest BCUT2D eigenvalue weighted by atomic mass is 10.5. The van der Waals surface area contributed by atoms with Crippen LogP contribution >= 0.6 is 11.3 Å². The second-order valence-electron chi connectivity index (χ2n) is 2.74. The molecule has 0 saturated carbocycles. The minimum Gasteiger partial charge on any atom is -0.351 e. The normalized spacial score (nSPS) is 10.2. The summed E-state index contributed by atoms with van der Waals surface area (Å²) in [5.41, 5.74) is 2.89. The zero-order valence-electron chi connectivity index (χ0n) is 7.24. The molecule has 2 aromatic heterocycles. The van der Waals surface area contributed by atoms with E-state index in [1.165, 1.54) is 4.88 Å². The molecule has 0 saturated heterocycles. The van der Waals surface area contributed by atoms with Crippen molar-refractivity contribution in [2.24, 2.45) is 0 Å². The van der Waals surface area contributed by atoms with Crippen LogP contribution < -0.4 is 5.32 Å². The molecule has 2 heterocycles. The van der Waals surface area contributed by atoms with Gasteiger partial charge in [-0.2, -0.15) is 0 Å². The summed E-state index contributed by atoms with van der Waals surface area (Å²) in [6.45, 7) is 2.75. The predicted molar refractivity (Wildman–Crippen MR) is 52.8 cm³/mol. The number of H-pyrrole nitrogens is 1. The van der Waals surface area contributed by atoms with E-state index >= 15 is 0 Å². The third-order valence-corrected chi connectivity index (χ3v) is 2.40. The van der Waals surface area contributed by atoms with Gasteiger partial charge in [-0.25, -0.2) is 4.98 Å². The van der Waals surface area contributed by atoms with Gasteiger partial charge in [0.1, 0.15) is 0 Å². The van der Waals surface area contributed by atoms with Gasteiger partial charge in [0.05, 0.1) is 12.1 Å². The number of hydrogen-bond donors (Lipinski definition) is 2. The Labute approximate surface area is 80.1 Å². The lowest BCUT2D eigenvalue weighted by molar-refractivity contribution is 1.10. The number of anilines is 1. The molecule has 0 unspecified atom stereocenters. The largest absolute Gasteiger partial charge is 0.351 e. The van der Waals surface area contributed by atoms with Crippen molar-refractivity contribution in [3.63, 3.8) is 0 Å². The first-order valence-corrected chi connectivity index (χ1v) is 4.85. The Bertz CT molecular complexity index is 365. The highest BCUT2D eigenvalue weighted by atomic mass is 32.1.